The Morgan fingerprint density at radius 2 is 2.11 bits per heavy atom. The Morgan fingerprint density at radius 3 is 2.89 bits per heavy atom. The second-order valence-electron chi connectivity index (χ2n) is 5.14. The van der Waals surface area contributed by atoms with E-state index in [1.54, 1.807) is 0 Å². The Morgan fingerprint density at radius 1 is 1.26 bits per heavy atom. The van der Waals surface area contributed by atoms with Crippen molar-refractivity contribution in [3.8, 4) is 11.3 Å². The standard InChI is InChI=1S/C15H20N4/c1-12-3-2-4-13(9-12)14-10-17-15(18-14)11-19-7-5-16-6-8-19/h2-4,9-10,16H,5-8,11H2,1H3,(H,17,18). The lowest BCUT2D eigenvalue weighted by atomic mass is 10.1. The van der Waals surface area contributed by atoms with Crippen LogP contribution in [-0.4, -0.2) is 41.0 Å². The van der Waals surface area contributed by atoms with Crippen molar-refractivity contribution < 1.29 is 0 Å². The number of nitrogens with one attached hydrogen (secondary N) is 2. The normalized spacial score (nSPS) is 16.7. The second-order valence-corrected chi connectivity index (χ2v) is 5.14. The highest BCUT2D eigenvalue weighted by Gasteiger charge is 2.12. The van der Waals surface area contributed by atoms with E-state index >= 15 is 0 Å². The van der Waals surface area contributed by atoms with Crippen LogP contribution in [0.15, 0.2) is 30.5 Å². The summed E-state index contributed by atoms with van der Waals surface area (Å²) in [5.41, 5.74) is 3.59. The zero-order valence-corrected chi connectivity index (χ0v) is 11.3. The minimum absolute atomic E-state index is 0.910. The van der Waals surface area contributed by atoms with Gasteiger partial charge in [-0.3, -0.25) is 4.90 Å². The first-order valence-corrected chi connectivity index (χ1v) is 6.85. The van der Waals surface area contributed by atoms with Gasteiger partial charge in [0, 0.05) is 26.2 Å². The van der Waals surface area contributed by atoms with Gasteiger partial charge in [0.1, 0.15) is 5.82 Å². The van der Waals surface area contributed by atoms with E-state index in [2.05, 4.69) is 51.4 Å². The van der Waals surface area contributed by atoms with Crippen LogP contribution in [0.4, 0.5) is 0 Å². The molecule has 2 heterocycles. The van der Waals surface area contributed by atoms with E-state index in [1.165, 1.54) is 11.1 Å². The molecule has 0 saturated carbocycles. The van der Waals surface area contributed by atoms with Gasteiger partial charge in [0.05, 0.1) is 18.4 Å². The fourth-order valence-corrected chi connectivity index (χ4v) is 2.48. The van der Waals surface area contributed by atoms with E-state index < -0.39 is 0 Å². The summed E-state index contributed by atoms with van der Waals surface area (Å²) in [5.74, 6) is 1.05. The third-order valence-electron chi connectivity index (χ3n) is 3.54. The molecular weight excluding hydrogens is 236 g/mol. The molecule has 2 aromatic rings. The van der Waals surface area contributed by atoms with Gasteiger partial charge in [0.15, 0.2) is 0 Å². The molecule has 4 heteroatoms. The summed E-state index contributed by atoms with van der Waals surface area (Å²) in [6.45, 7) is 7.37. The van der Waals surface area contributed by atoms with Crippen molar-refractivity contribution in [2.45, 2.75) is 13.5 Å². The number of hydrogen-bond donors (Lipinski definition) is 2. The van der Waals surface area contributed by atoms with Crippen LogP contribution < -0.4 is 5.32 Å². The van der Waals surface area contributed by atoms with Gasteiger partial charge >= 0.3 is 0 Å². The number of aromatic amines is 1. The minimum Gasteiger partial charge on any atom is -0.341 e. The lowest BCUT2D eigenvalue weighted by Crippen LogP contribution is -2.43. The van der Waals surface area contributed by atoms with Crippen molar-refractivity contribution in [2.75, 3.05) is 26.2 Å². The van der Waals surface area contributed by atoms with Crippen molar-refractivity contribution in [3.63, 3.8) is 0 Å². The summed E-state index contributed by atoms with van der Waals surface area (Å²) < 4.78 is 0. The highest BCUT2D eigenvalue weighted by atomic mass is 15.2. The lowest BCUT2D eigenvalue weighted by Gasteiger charge is -2.26. The predicted octanol–water partition coefficient (Wildman–Crippen LogP) is 1.79. The maximum absolute atomic E-state index is 4.50. The minimum atomic E-state index is 0.910. The van der Waals surface area contributed by atoms with Crippen LogP contribution in [0.3, 0.4) is 0 Å². The fourth-order valence-electron chi connectivity index (χ4n) is 2.48. The highest BCUT2D eigenvalue weighted by molar-refractivity contribution is 5.59. The molecule has 1 aromatic heterocycles. The number of imidazole rings is 1. The molecule has 1 fully saturated rings. The monoisotopic (exact) mass is 256 g/mol. The van der Waals surface area contributed by atoms with Gasteiger partial charge < -0.3 is 10.3 Å². The maximum Gasteiger partial charge on any atom is 0.120 e. The summed E-state index contributed by atoms with van der Waals surface area (Å²) in [6.07, 6.45) is 1.94. The fraction of sp³-hybridized carbons (Fsp3) is 0.400. The van der Waals surface area contributed by atoms with E-state index in [9.17, 15) is 0 Å². The molecule has 1 saturated heterocycles. The van der Waals surface area contributed by atoms with E-state index in [1.807, 2.05) is 6.20 Å². The smallest absolute Gasteiger partial charge is 0.120 e. The van der Waals surface area contributed by atoms with Crippen molar-refractivity contribution in [1.29, 1.82) is 0 Å². The predicted molar refractivity (Wildman–Crippen MR) is 76.9 cm³/mol. The highest BCUT2D eigenvalue weighted by Crippen LogP contribution is 2.18. The molecule has 0 bridgehead atoms. The number of aromatic nitrogens is 2. The van der Waals surface area contributed by atoms with Gasteiger partial charge in [-0.25, -0.2) is 4.98 Å². The van der Waals surface area contributed by atoms with Gasteiger partial charge in [-0.2, -0.15) is 0 Å². The Labute approximate surface area is 113 Å². The lowest BCUT2D eigenvalue weighted by molar-refractivity contribution is 0.228. The topological polar surface area (TPSA) is 44.0 Å². The van der Waals surface area contributed by atoms with Gasteiger partial charge in [0.2, 0.25) is 0 Å². The van der Waals surface area contributed by atoms with Crippen molar-refractivity contribution in [1.82, 2.24) is 20.2 Å². The Kier molecular flexibility index (Phi) is 3.62. The first-order chi connectivity index (χ1) is 9.31. The second kappa shape index (κ2) is 5.55. The molecule has 4 nitrogen and oxygen atoms in total. The van der Waals surface area contributed by atoms with Gasteiger partial charge in [0.25, 0.3) is 0 Å². The molecule has 100 valence electrons. The van der Waals surface area contributed by atoms with Gasteiger partial charge in [-0.15, -0.1) is 0 Å². The van der Waals surface area contributed by atoms with Crippen molar-refractivity contribution in [2.24, 2.45) is 0 Å². The van der Waals surface area contributed by atoms with Gasteiger partial charge in [-0.1, -0.05) is 23.8 Å². The molecular formula is C15H20N4. The van der Waals surface area contributed by atoms with Crippen LogP contribution >= 0.6 is 0 Å². The molecule has 1 aliphatic rings. The number of H-pyrrole nitrogens is 1. The van der Waals surface area contributed by atoms with Crippen LogP contribution in [0.2, 0.25) is 0 Å². The van der Waals surface area contributed by atoms with Crippen LogP contribution in [0.1, 0.15) is 11.4 Å². The van der Waals surface area contributed by atoms with Gasteiger partial charge in [-0.05, 0) is 18.6 Å². The third kappa shape index (κ3) is 3.03. The number of piperazine rings is 1. The Bertz CT molecular complexity index is 541. The quantitative estimate of drug-likeness (QED) is 0.880. The molecule has 0 spiro atoms. The van der Waals surface area contributed by atoms with E-state index in [4.69, 9.17) is 0 Å². The zero-order valence-electron chi connectivity index (χ0n) is 11.3. The molecule has 0 amide bonds. The number of benzene rings is 1. The number of aryl methyl sites for hydroxylation is 1. The summed E-state index contributed by atoms with van der Waals surface area (Å²) in [6, 6.07) is 8.50. The maximum atomic E-state index is 4.50. The molecule has 0 aliphatic carbocycles. The number of hydrogen-bond acceptors (Lipinski definition) is 3. The summed E-state index contributed by atoms with van der Waals surface area (Å²) in [4.78, 5) is 10.4. The summed E-state index contributed by atoms with van der Waals surface area (Å²) in [7, 11) is 0. The van der Waals surface area contributed by atoms with E-state index in [0.29, 0.717) is 0 Å². The Balaban J connectivity index is 1.72. The van der Waals surface area contributed by atoms with Crippen LogP contribution in [0, 0.1) is 6.92 Å². The average Bonchev–Trinajstić information content (AvgIpc) is 2.88. The van der Waals surface area contributed by atoms with Crippen molar-refractivity contribution >= 4 is 0 Å². The summed E-state index contributed by atoms with van der Waals surface area (Å²) >= 11 is 0. The molecule has 3 rings (SSSR count). The molecule has 19 heavy (non-hydrogen) atoms. The largest absolute Gasteiger partial charge is 0.341 e. The van der Waals surface area contributed by atoms with Crippen LogP contribution in [-0.2, 0) is 6.54 Å². The van der Waals surface area contributed by atoms with Crippen LogP contribution in [0.25, 0.3) is 11.3 Å². The third-order valence-corrected chi connectivity index (χ3v) is 3.54. The number of nitrogens with zero attached hydrogens (tertiary/aromatic N) is 2. The Hall–Kier alpha value is -1.65. The molecule has 2 N–H and O–H groups in total. The SMILES string of the molecule is Cc1cccc(-c2cnc(CN3CCNCC3)[nH]2)c1. The van der Waals surface area contributed by atoms with Crippen molar-refractivity contribution in [3.05, 3.63) is 41.9 Å². The molecule has 1 aromatic carbocycles. The zero-order chi connectivity index (χ0) is 13.1. The first kappa shape index (κ1) is 12.4. The average molecular weight is 256 g/mol. The molecule has 0 atom stereocenters. The van der Waals surface area contributed by atoms with Crippen LogP contribution in [0.5, 0.6) is 0 Å². The van der Waals surface area contributed by atoms with E-state index in [-0.39, 0.29) is 0 Å². The first-order valence-electron chi connectivity index (χ1n) is 6.85. The molecule has 0 radical (unpaired) electrons. The number of rotatable bonds is 3. The summed E-state index contributed by atoms with van der Waals surface area (Å²) in [5, 5.41) is 3.37. The molecule has 1 aliphatic heterocycles. The van der Waals surface area contributed by atoms with E-state index in [0.717, 1.165) is 44.2 Å². The molecule has 0 unspecified atom stereocenters.